The van der Waals surface area contributed by atoms with Gasteiger partial charge in [0.2, 0.25) is 0 Å². The molecule has 0 aromatic carbocycles. The van der Waals surface area contributed by atoms with E-state index in [1.54, 1.807) is 0 Å². The highest BCUT2D eigenvalue weighted by Gasteiger charge is 2.39. The van der Waals surface area contributed by atoms with Gasteiger partial charge in [-0.1, -0.05) is 19.8 Å². The second kappa shape index (κ2) is 4.42. The number of piperidine rings is 1. The minimum absolute atomic E-state index is 0.415. The van der Waals surface area contributed by atoms with Crippen LogP contribution in [0.2, 0.25) is 0 Å². The lowest BCUT2D eigenvalue weighted by Gasteiger charge is -2.51. The van der Waals surface area contributed by atoms with E-state index in [-0.39, 0.29) is 0 Å². The molecule has 0 amide bonds. The molecule has 0 saturated carbocycles. The fourth-order valence-corrected chi connectivity index (χ4v) is 2.94. The Hall–Kier alpha value is -0.0800. The number of fused-ring (bicyclic) bond motifs is 1. The van der Waals surface area contributed by atoms with Crippen molar-refractivity contribution >= 4 is 0 Å². The fourth-order valence-electron chi connectivity index (χ4n) is 2.94. The number of hydrogen-bond acceptors (Lipinski definition) is 2. The monoisotopic (exact) mass is 210 g/mol. The van der Waals surface area contributed by atoms with Crippen LogP contribution in [0, 0.1) is 5.92 Å². The van der Waals surface area contributed by atoms with Crippen molar-refractivity contribution in [2.45, 2.75) is 58.0 Å². The highest BCUT2D eigenvalue weighted by molar-refractivity contribution is 4.97. The van der Waals surface area contributed by atoms with Gasteiger partial charge >= 0.3 is 0 Å². The molecule has 15 heavy (non-hydrogen) atoms. The van der Waals surface area contributed by atoms with Crippen LogP contribution in [0.3, 0.4) is 0 Å². The summed E-state index contributed by atoms with van der Waals surface area (Å²) in [4.78, 5) is 2.70. The highest BCUT2D eigenvalue weighted by atomic mass is 15.2. The summed E-state index contributed by atoms with van der Waals surface area (Å²) in [6.45, 7) is 11.0. The first kappa shape index (κ1) is 11.4. The van der Waals surface area contributed by atoms with E-state index in [4.69, 9.17) is 0 Å². The van der Waals surface area contributed by atoms with Gasteiger partial charge in [-0.25, -0.2) is 0 Å². The van der Waals surface area contributed by atoms with Gasteiger partial charge in [0.05, 0.1) is 0 Å². The minimum atomic E-state index is 0.415. The number of nitrogens with one attached hydrogen (secondary N) is 1. The van der Waals surface area contributed by atoms with Crippen LogP contribution in [0.25, 0.3) is 0 Å². The molecular formula is C13H26N2. The quantitative estimate of drug-likeness (QED) is 0.765. The van der Waals surface area contributed by atoms with Gasteiger partial charge in [0.1, 0.15) is 0 Å². The molecule has 2 nitrogen and oxygen atoms in total. The molecule has 2 rings (SSSR count). The zero-order valence-corrected chi connectivity index (χ0v) is 10.6. The Bertz CT molecular complexity index is 213. The first-order chi connectivity index (χ1) is 7.13. The summed E-state index contributed by atoms with van der Waals surface area (Å²) < 4.78 is 0. The molecule has 0 aliphatic carbocycles. The van der Waals surface area contributed by atoms with Crippen molar-refractivity contribution in [1.29, 1.82) is 0 Å². The maximum Gasteiger partial charge on any atom is 0.0236 e. The van der Waals surface area contributed by atoms with Gasteiger partial charge in [0, 0.05) is 18.1 Å². The molecule has 2 saturated heterocycles. The normalized spacial score (nSPS) is 32.2. The summed E-state index contributed by atoms with van der Waals surface area (Å²) in [5.74, 6) is 0.989. The van der Waals surface area contributed by atoms with Gasteiger partial charge < -0.3 is 5.32 Å². The molecule has 0 aromatic rings. The molecule has 1 N–H and O–H groups in total. The summed E-state index contributed by atoms with van der Waals surface area (Å²) in [5, 5.41) is 3.56. The molecule has 2 fully saturated rings. The van der Waals surface area contributed by atoms with Crippen molar-refractivity contribution in [2.75, 3.05) is 19.6 Å². The standard InChI is InChI=1S/C13H26N2/c1-4-5-7-13(2,3)15-8-6-11-9-14-12(11)10-15/h11-12,14H,4-10H2,1-3H3. The lowest BCUT2D eigenvalue weighted by atomic mass is 9.82. The Balaban J connectivity index is 1.86. The molecule has 88 valence electrons. The van der Waals surface area contributed by atoms with Crippen LogP contribution in [0.4, 0.5) is 0 Å². The van der Waals surface area contributed by atoms with E-state index in [1.165, 1.54) is 45.3 Å². The van der Waals surface area contributed by atoms with Crippen LogP contribution in [-0.4, -0.2) is 36.1 Å². The van der Waals surface area contributed by atoms with Crippen LogP contribution in [0.15, 0.2) is 0 Å². The zero-order valence-electron chi connectivity index (χ0n) is 10.6. The number of likely N-dealkylation sites (tertiary alicyclic amines) is 1. The number of rotatable bonds is 4. The molecule has 0 spiro atoms. The molecule has 2 aliphatic rings. The Kier molecular flexibility index (Phi) is 3.36. The van der Waals surface area contributed by atoms with Crippen molar-refractivity contribution in [3.05, 3.63) is 0 Å². The number of unbranched alkanes of at least 4 members (excludes halogenated alkanes) is 1. The van der Waals surface area contributed by atoms with Gasteiger partial charge in [-0.2, -0.15) is 0 Å². The van der Waals surface area contributed by atoms with Crippen LogP contribution >= 0.6 is 0 Å². The zero-order chi connectivity index (χ0) is 10.9. The summed E-state index contributed by atoms with van der Waals surface area (Å²) in [6.07, 6.45) is 5.45. The lowest BCUT2D eigenvalue weighted by Crippen LogP contribution is -2.65. The highest BCUT2D eigenvalue weighted by Crippen LogP contribution is 2.30. The predicted octanol–water partition coefficient (Wildman–Crippen LogP) is 2.25. The van der Waals surface area contributed by atoms with Crippen LogP contribution in [0.1, 0.15) is 46.5 Å². The maximum atomic E-state index is 3.56. The van der Waals surface area contributed by atoms with Gasteiger partial charge in [0.25, 0.3) is 0 Å². The van der Waals surface area contributed by atoms with Crippen LogP contribution in [-0.2, 0) is 0 Å². The molecule has 2 aliphatic heterocycles. The first-order valence-electron chi connectivity index (χ1n) is 6.62. The minimum Gasteiger partial charge on any atom is -0.312 e. The summed E-state index contributed by atoms with van der Waals surface area (Å²) in [6, 6.07) is 0.805. The summed E-state index contributed by atoms with van der Waals surface area (Å²) in [7, 11) is 0. The molecule has 2 atom stereocenters. The van der Waals surface area contributed by atoms with Crippen LogP contribution in [0.5, 0.6) is 0 Å². The van der Waals surface area contributed by atoms with E-state index >= 15 is 0 Å². The third kappa shape index (κ3) is 2.36. The van der Waals surface area contributed by atoms with Gasteiger partial charge in [0.15, 0.2) is 0 Å². The lowest BCUT2D eigenvalue weighted by molar-refractivity contribution is 0.0159. The van der Waals surface area contributed by atoms with Crippen molar-refractivity contribution in [1.82, 2.24) is 10.2 Å². The van der Waals surface area contributed by atoms with E-state index in [9.17, 15) is 0 Å². The number of hydrogen-bond donors (Lipinski definition) is 1. The van der Waals surface area contributed by atoms with E-state index in [0.29, 0.717) is 5.54 Å². The smallest absolute Gasteiger partial charge is 0.0236 e. The molecule has 2 heterocycles. The van der Waals surface area contributed by atoms with Crippen LogP contribution < -0.4 is 5.32 Å². The first-order valence-corrected chi connectivity index (χ1v) is 6.62. The molecule has 2 heteroatoms. The summed E-state index contributed by atoms with van der Waals surface area (Å²) in [5.41, 5.74) is 0.415. The topological polar surface area (TPSA) is 15.3 Å². The van der Waals surface area contributed by atoms with E-state index in [0.717, 1.165) is 12.0 Å². The Labute approximate surface area is 94.4 Å². The van der Waals surface area contributed by atoms with Crippen molar-refractivity contribution < 1.29 is 0 Å². The second-order valence-electron chi connectivity index (χ2n) is 5.93. The van der Waals surface area contributed by atoms with Crippen molar-refractivity contribution in [3.63, 3.8) is 0 Å². The Morgan fingerprint density at radius 3 is 2.73 bits per heavy atom. The Morgan fingerprint density at radius 2 is 2.20 bits per heavy atom. The molecule has 0 bridgehead atoms. The fraction of sp³-hybridized carbons (Fsp3) is 1.00. The van der Waals surface area contributed by atoms with Gasteiger partial charge in [-0.15, -0.1) is 0 Å². The van der Waals surface area contributed by atoms with Crippen molar-refractivity contribution in [2.24, 2.45) is 5.92 Å². The third-order valence-electron chi connectivity index (χ3n) is 4.40. The van der Waals surface area contributed by atoms with E-state index < -0.39 is 0 Å². The predicted molar refractivity (Wildman–Crippen MR) is 65.1 cm³/mol. The molecular weight excluding hydrogens is 184 g/mol. The van der Waals surface area contributed by atoms with E-state index in [1.807, 2.05) is 0 Å². The molecule has 0 aromatic heterocycles. The average molecular weight is 210 g/mol. The second-order valence-corrected chi connectivity index (χ2v) is 5.93. The number of nitrogens with zero attached hydrogens (tertiary/aromatic N) is 1. The maximum absolute atomic E-state index is 3.56. The van der Waals surface area contributed by atoms with Crippen molar-refractivity contribution in [3.8, 4) is 0 Å². The van der Waals surface area contributed by atoms with Gasteiger partial charge in [-0.05, 0) is 45.7 Å². The average Bonchev–Trinajstić information content (AvgIpc) is 2.17. The SMILES string of the molecule is CCCCC(C)(C)N1CCC2CNC2C1. The molecule has 2 unspecified atom stereocenters. The third-order valence-corrected chi connectivity index (χ3v) is 4.40. The largest absolute Gasteiger partial charge is 0.312 e. The van der Waals surface area contributed by atoms with E-state index in [2.05, 4.69) is 31.0 Å². The molecule has 0 radical (unpaired) electrons. The Morgan fingerprint density at radius 1 is 1.40 bits per heavy atom. The summed E-state index contributed by atoms with van der Waals surface area (Å²) >= 11 is 0. The van der Waals surface area contributed by atoms with Gasteiger partial charge in [-0.3, -0.25) is 4.90 Å².